The van der Waals surface area contributed by atoms with Crippen LogP contribution in [0.1, 0.15) is 11.1 Å². The van der Waals surface area contributed by atoms with Gasteiger partial charge in [-0.15, -0.1) is 0 Å². The van der Waals surface area contributed by atoms with Gasteiger partial charge < -0.3 is 0 Å². The molecule has 0 saturated heterocycles. The summed E-state index contributed by atoms with van der Waals surface area (Å²) in [4.78, 5) is 0. The normalized spacial score (nSPS) is 7.64. The number of benzene rings is 1. The van der Waals surface area contributed by atoms with Crippen molar-refractivity contribution in [1.82, 2.24) is 0 Å². The molecular formula is C8H10Cl2Zn. The van der Waals surface area contributed by atoms with Crippen molar-refractivity contribution in [3.05, 3.63) is 35.4 Å². The molecular weight excluding hydrogens is 232 g/mol. The molecule has 0 aliphatic heterocycles. The summed E-state index contributed by atoms with van der Waals surface area (Å²) in [6.45, 7) is 4.19. The Bertz CT molecular complexity index is 163. The number of halogens is 2. The van der Waals surface area contributed by atoms with E-state index in [-0.39, 0.29) is 0 Å². The molecule has 0 aliphatic carbocycles. The van der Waals surface area contributed by atoms with Crippen LogP contribution in [0.2, 0.25) is 0 Å². The fourth-order valence-electron chi connectivity index (χ4n) is 0.637. The third-order valence-electron chi connectivity index (χ3n) is 1.22. The van der Waals surface area contributed by atoms with Crippen molar-refractivity contribution < 1.29 is 15.1 Å². The van der Waals surface area contributed by atoms with E-state index in [4.69, 9.17) is 19.4 Å². The second-order valence-electron chi connectivity index (χ2n) is 2.26. The monoisotopic (exact) mass is 240 g/mol. The van der Waals surface area contributed by atoms with E-state index in [1.807, 2.05) is 0 Å². The zero-order valence-corrected chi connectivity index (χ0v) is 11.3. The van der Waals surface area contributed by atoms with E-state index < -0.39 is 15.1 Å². The van der Waals surface area contributed by atoms with Crippen molar-refractivity contribution in [2.24, 2.45) is 0 Å². The second kappa shape index (κ2) is 7.09. The van der Waals surface area contributed by atoms with Gasteiger partial charge in [-0.3, -0.25) is 0 Å². The van der Waals surface area contributed by atoms with Crippen LogP contribution in [0, 0.1) is 13.8 Å². The van der Waals surface area contributed by atoms with Gasteiger partial charge in [0.25, 0.3) is 0 Å². The molecule has 0 heterocycles. The molecule has 0 fully saturated rings. The Kier molecular flexibility index (Phi) is 7.37. The molecule has 1 aromatic rings. The van der Waals surface area contributed by atoms with E-state index in [9.17, 15) is 0 Å². The Labute approximate surface area is 83.6 Å². The van der Waals surface area contributed by atoms with Crippen molar-refractivity contribution in [2.45, 2.75) is 13.8 Å². The first-order valence-corrected chi connectivity index (χ1v) is 11.2. The van der Waals surface area contributed by atoms with Crippen LogP contribution in [0.15, 0.2) is 24.3 Å². The molecule has 0 N–H and O–H groups in total. The quantitative estimate of drug-likeness (QED) is 0.609. The summed E-state index contributed by atoms with van der Waals surface area (Å²) in [7, 11) is 9.90. The molecule has 0 saturated carbocycles. The number of rotatable bonds is 0. The number of hydrogen-bond acceptors (Lipinski definition) is 0. The first-order chi connectivity index (χ1) is 5.20. The summed E-state index contributed by atoms with van der Waals surface area (Å²) in [5.41, 5.74) is 2.66. The molecule has 0 spiro atoms. The van der Waals surface area contributed by atoms with Crippen LogP contribution in [0.4, 0.5) is 0 Å². The van der Waals surface area contributed by atoms with E-state index in [0.29, 0.717) is 0 Å². The average molecular weight is 242 g/mol. The predicted molar refractivity (Wildman–Crippen MR) is 47.6 cm³/mol. The van der Waals surface area contributed by atoms with Crippen molar-refractivity contribution >= 4 is 19.4 Å². The van der Waals surface area contributed by atoms with Crippen LogP contribution in [-0.2, 0) is 15.1 Å². The average Bonchev–Trinajstić information content (AvgIpc) is 1.97. The maximum absolute atomic E-state index is 4.95. The molecule has 0 unspecified atom stereocenters. The first-order valence-electron chi connectivity index (χ1n) is 3.36. The zero-order valence-electron chi connectivity index (χ0n) is 6.77. The van der Waals surface area contributed by atoms with E-state index in [2.05, 4.69) is 38.1 Å². The van der Waals surface area contributed by atoms with E-state index in [1.165, 1.54) is 11.1 Å². The SMILES string of the molecule is Cc1ccc(C)cc1.[Cl][Zn][Cl]. The summed E-state index contributed by atoms with van der Waals surface area (Å²) in [5, 5.41) is 0. The van der Waals surface area contributed by atoms with Crippen LogP contribution in [-0.4, -0.2) is 0 Å². The van der Waals surface area contributed by atoms with Gasteiger partial charge in [-0.1, -0.05) is 35.4 Å². The topological polar surface area (TPSA) is 0 Å². The predicted octanol–water partition coefficient (Wildman–Crippen LogP) is 3.68. The molecule has 0 amide bonds. The van der Waals surface area contributed by atoms with E-state index >= 15 is 0 Å². The molecule has 0 atom stereocenters. The standard InChI is InChI=1S/C8H10.2ClH.Zn/c1-7-3-5-8(2)6-4-7;;;/h3-6H,1-2H3;2*1H;/q;;;+2/p-2. The van der Waals surface area contributed by atoms with Gasteiger partial charge in [0.1, 0.15) is 0 Å². The Morgan fingerprint density at radius 1 is 0.909 bits per heavy atom. The van der Waals surface area contributed by atoms with Gasteiger partial charge in [0, 0.05) is 0 Å². The molecule has 3 heteroatoms. The molecule has 0 bridgehead atoms. The third-order valence-corrected chi connectivity index (χ3v) is 1.22. The van der Waals surface area contributed by atoms with Gasteiger partial charge in [-0.2, -0.15) is 0 Å². The van der Waals surface area contributed by atoms with Crippen LogP contribution in [0.25, 0.3) is 0 Å². The molecule has 1 rings (SSSR count). The Balaban J connectivity index is 0.000000292. The van der Waals surface area contributed by atoms with Gasteiger partial charge >= 0.3 is 34.5 Å². The zero-order chi connectivity index (χ0) is 8.69. The van der Waals surface area contributed by atoms with Crippen LogP contribution in [0.5, 0.6) is 0 Å². The Hall–Kier alpha value is 0.423. The molecule has 0 radical (unpaired) electrons. The van der Waals surface area contributed by atoms with Crippen molar-refractivity contribution in [1.29, 1.82) is 0 Å². The fourth-order valence-corrected chi connectivity index (χ4v) is 0.637. The molecule has 1 aromatic carbocycles. The van der Waals surface area contributed by atoms with E-state index in [0.717, 1.165) is 0 Å². The molecule has 11 heavy (non-hydrogen) atoms. The van der Waals surface area contributed by atoms with Gasteiger partial charge in [-0.05, 0) is 13.8 Å². The Morgan fingerprint density at radius 3 is 1.27 bits per heavy atom. The van der Waals surface area contributed by atoms with Gasteiger partial charge in [0.2, 0.25) is 0 Å². The second-order valence-corrected chi connectivity index (χ2v) is 6.88. The maximum atomic E-state index is 4.95. The number of aryl methyl sites for hydroxylation is 2. The van der Waals surface area contributed by atoms with Gasteiger partial charge in [-0.25, -0.2) is 0 Å². The summed E-state index contributed by atoms with van der Waals surface area (Å²) in [5.74, 6) is 0. The van der Waals surface area contributed by atoms with Gasteiger partial charge in [0.15, 0.2) is 0 Å². The minimum atomic E-state index is -0.931. The first kappa shape index (κ1) is 11.4. The van der Waals surface area contributed by atoms with Crippen molar-refractivity contribution in [2.75, 3.05) is 0 Å². The summed E-state index contributed by atoms with van der Waals surface area (Å²) in [6, 6.07) is 8.48. The minimum absolute atomic E-state index is 0.931. The fraction of sp³-hybridized carbons (Fsp3) is 0.250. The van der Waals surface area contributed by atoms with Crippen LogP contribution >= 0.6 is 19.4 Å². The summed E-state index contributed by atoms with van der Waals surface area (Å²) < 4.78 is 0. The van der Waals surface area contributed by atoms with Crippen molar-refractivity contribution in [3.8, 4) is 0 Å². The van der Waals surface area contributed by atoms with E-state index in [1.54, 1.807) is 0 Å². The Morgan fingerprint density at radius 2 is 1.09 bits per heavy atom. The van der Waals surface area contributed by atoms with Crippen molar-refractivity contribution in [3.63, 3.8) is 0 Å². The van der Waals surface area contributed by atoms with Crippen LogP contribution < -0.4 is 0 Å². The van der Waals surface area contributed by atoms with Crippen LogP contribution in [0.3, 0.4) is 0 Å². The number of hydrogen-bond donors (Lipinski definition) is 0. The third kappa shape index (κ3) is 6.81. The molecule has 58 valence electrons. The van der Waals surface area contributed by atoms with Gasteiger partial charge in [0.05, 0.1) is 0 Å². The summed E-state index contributed by atoms with van der Waals surface area (Å²) >= 11 is -0.931. The molecule has 0 aromatic heterocycles. The molecule has 0 nitrogen and oxygen atoms in total. The molecule has 0 aliphatic rings. The summed E-state index contributed by atoms with van der Waals surface area (Å²) in [6.07, 6.45) is 0.